The number of esters is 2. The van der Waals surface area contributed by atoms with Crippen LogP contribution in [-0.4, -0.2) is 38.4 Å². The van der Waals surface area contributed by atoms with Crippen LogP contribution < -0.4 is 0 Å². The van der Waals surface area contributed by atoms with Gasteiger partial charge in [-0.3, -0.25) is 9.59 Å². The molecule has 1 heterocycles. The molecular weight excluding hydrogens is 236 g/mol. The first kappa shape index (κ1) is 15.0. The highest BCUT2D eigenvalue weighted by atomic mass is 16.5. The molecule has 0 aromatic carbocycles. The fraction of sp³-hybridized carbons (Fsp3) is 0.846. The van der Waals surface area contributed by atoms with Crippen molar-refractivity contribution in [2.75, 3.05) is 14.2 Å². The normalized spacial score (nSPS) is 24.4. The van der Waals surface area contributed by atoms with Crippen LogP contribution in [-0.2, 0) is 23.8 Å². The lowest BCUT2D eigenvalue weighted by Gasteiger charge is -2.37. The lowest BCUT2D eigenvalue weighted by Crippen LogP contribution is -2.44. The maximum atomic E-state index is 11.7. The smallest absolute Gasteiger partial charge is 0.313 e. The predicted octanol–water partition coefficient (Wildman–Crippen LogP) is 1.69. The third kappa shape index (κ3) is 3.45. The van der Waals surface area contributed by atoms with Crippen LogP contribution in [0.15, 0.2) is 0 Å². The maximum absolute atomic E-state index is 11.7. The molecule has 2 atom stereocenters. The molecule has 0 saturated carbocycles. The first-order valence-corrected chi connectivity index (χ1v) is 6.22. The molecule has 18 heavy (non-hydrogen) atoms. The number of rotatable bonds is 4. The number of carbonyl (C=O) groups excluding carboxylic acids is 2. The van der Waals surface area contributed by atoms with E-state index in [2.05, 4.69) is 4.74 Å². The summed E-state index contributed by atoms with van der Waals surface area (Å²) < 4.78 is 15.3. The van der Waals surface area contributed by atoms with Crippen LogP contribution >= 0.6 is 0 Å². The van der Waals surface area contributed by atoms with Gasteiger partial charge in [-0.1, -0.05) is 0 Å². The predicted molar refractivity (Wildman–Crippen MR) is 64.9 cm³/mol. The van der Waals surface area contributed by atoms with Crippen LogP contribution in [0.2, 0.25) is 0 Å². The van der Waals surface area contributed by atoms with E-state index in [9.17, 15) is 9.59 Å². The molecule has 0 radical (unpaired) electrons. The minimum absolute atomic E-state index is 0.167. The number of methoxy groups -OCH3 is 2. The Bertz CT molecular complexity index is 311. The number of carbonyl (C=O) groups is 2. The standard InChI is InChI=1S/C13H22O5/c1-13(2,12(15)17-4)10-7-5-6-9(18-10)8-11(14)16-3/h9-10H,5-8H2,1-4H3/t9-,10+/m1/s1. The zero-order chi connectivity index (χ0) is 13.8. The van der Waals surface area contributed by atoms with Crippen molar-refractivity contribution in [1.82, 2.24) is 0 Å². The fourth-order valence-electron chi connectivity index (χ4n) is 2.24. The van der Waals surface area contributed by atoms with Crippen molar-refractivity contribution in [2.45, 2.75) is 51.7 Å². The summed E-state index contributed by atoms with van der Waals surface area (Å²) in [7, 11) is 2.74. The van der Waals surface area contributed by atoms with Gasteiger partial charge in [-0.25, -0.2) is 0 Å². The lowest BCUT2D eigenvalue weighted by atomic mass is 9.81. The van der Waals surface area contributed by atoms with E-state index in [0.717, 1.165) is 19.3 Å². The highest BCUT2D eigenvalue weighted by Gasteiger charge is 2.41. The summed E-state index contributed by atoms with van der Waals surface area (Å²) >= 11 is 0. The minimum Gasteiger partial charge on any atom is -0.469 e. The number of hydrogen-bond acceptors (Lipinski definition) is 5. The molecule has 1 rings (SSSR count). The molecular formula is C13H22O5. The minimum atomic E-state index is -0.691. The summed E-state index contributed by atoms with van der Waals surface area (Å²) in [6, 6.07) is 0. The molecule has 0 spiro atoms. The molecule has 5 nitrogen and oxygen atoms in total. The van der Waals surface area contributed by atoms with Crippen molar-refractivity contribution in [3.8, 4) is 0 Å². The van der Waals surface area contributed by atoms with Gasteiger partial charge in [0.25, 0.3) is 0 Å². The molecule has 1 aliphatic heterocycles. The van der Waals surface area contributed by atoms with Crippen LogP contribution in [0.5, 0.6) is 0 Å². The first-order valence-electron chi connectivity index (χ1n) is 6.22. The van der Waals surface area contributed by atoms with Crippen molar-refractivity contribution < 1.29 is 23.8 Å². The van der Waals surface area contributed by atoms with Gasteiger partial charge in [0.15, 0.2) is 0 Å². The average molecular weight is 258 g/mol. The van der Waals surface area contributed by atoms with Gasteiger partial charge in [0.05, 0.1) is 38.3 Å². The maximum Gasteiger partial charge on any atom is 0.313 e. The van der Waals surface area contributed by atoms with Gasteiger partial charge >= 0.3 is 11.9 Å². The van der Waals surface area contributed by atoms with Crippen LogP contribution in [0.4, 0.5) is 0 Å². The van der Waals surface area contributed by atoms with Crippen LogP contribution in [0, 0.1) is 5.41 Å². The molecule has 0 aromatic rings. The van der Waals surface area contributed by atoms with E-state index in [1.807, 2.05) is 13.8 Å². The van der Waals surface area contributed by atoms with E-state index in [1.165, 1.54) is 14.2 Å². The summed E-state index contributed by atoms with van der Waals surface area (Å²) in [5.74, 6) is -0.567. The second kappa shape index (κ2) is 6.18. The Morgan fingerprint density at radius 1 is 1.22 bits per heavy atom. The SMILES string of the molecule is COC(=O)C[C@H]1CCC[C@@H](C(C)(C)C(=O)OC)O1. The van der Waals surface area contributed by atoms with Gasteiger partial charge in [-0.2, -0.15) is 0 Å². The Morgan fingerprint density at radius 2 is 1.89 bits per heavy atom. The van der Waals surface area contributed by atoms with Gasteiger partial charge in [0.2, 0.25) is 0 Å². The summed E-state index contributed by atoms with van der Waals surface area (Å²) in [5, 5.41) is 0. The largest absolute Gasteiger partial charge is 0.469 e. The van der Waals surface area contributed by atoms with Crippen molar-refractivity contribution in [2.24, 2.45) is 5.41 Å². The third-order valence-electron chi connectivity index (χ3n) is 3.49. The van der Waals surface area contributed by atoms with Crippen LogP contribution in [0.3, 0.4) is 0 Å². The average Bonchev–Trinajstić information content (AvgIpc) is 2.37. The molecule has 0 unspecified atom stereocenters. The molecule has 104 valence electrons. The summed E-state index contributed by atoms with van der Waals surface area (Å²) in [4.78, 5) is 23.0. The van der Waals surface area contributed by atoms with Gasteiger partial charge in [-0.15, -0.1) is 0 Å². The quantitative estimate of drug-likeness (QED) is 0.718. The Hall–Kier alpha value is -1.10. The zero-order valence-electron chi connectivity index (χ0n) is 11.5. The number of ether oxygens (including phenoxy) is 3. The van der Waals surface area contributed by atoms with Gasteiger partial charge < -0.3 is 14.2 Å². The molecule has 0 amide bonds. The highest BCUT2D eigenvalue weighted by Crippen LogP contribution is 2.34. The Balaban J connectivity index is 2.63. The Kier molecular flexibility index (Phi) is 5.14. The molecule has 1 fully saturated rings. The topological polar surface area (TPSA) is 61.8 Å². The summed E-state index contributed by atoms with van der Waals surface area (Å²) in [5.41, 5.74) is -0.691. The van der Waals surface area contributed by atoms with E-state index < -0.39 is 5.41 Å². The second-order valence-electron chi connectivity index (χ2n) is 5.17. The molecule has 5 heteroatoms. The van der Waals surface area contributed by atoms with Crippen molar-refractivity contribution in [1.29, 1.82) is 0 Å². The summed E-state index contributed by atoms with van der Waals surface area (Å²) in [6.07, 6.45) is 2.42. The monoisotopic (exact) mass is 258 g/mol. The van der Waals surface area contributed by atoms with Crippen LogP contribution in [0.25, 0.3) is 0 Å². The van der Waals surface area contributed by atoms with Crippen molar-refractivity contribution in [3.63, 3.8) is 0 Å². The Morgan fingerprint density at radius 3 is 2.44 bits per heavy atom. The zero-order valence-corrected chi connectivity index (χ0v) is 11.5. The van der Waals surface area contributed by atoms with Gasteiger partial charge in [-0.05, 0) is 33.1 Å². The van der Waals surface area contributed by atoms with Crippen molar-refractivity contribution in [3.05, 3.63) is 0 Å². The first-order chi connectivity index (χ1) is 8.41. The third-order valence-corrected chi connectivity index (χ3v) is 3.49. The molecule has 0 aromatic heterocycles. The van der Waals surface area contributed by atoms with E-state index in [1.54, 1.807) is 0 Å². The van der Waals surface area contributed by atoms with Gasteiger partial charge in [0, 0.05) is 0 Å². The van der Waals surface area contributed by atoms with Gasteiger partial charge in [0.1, 0.15) is 0 Å². The molecule has 1 saturated heterocycles. The lowest BCUT2D eigenvalue weighted by molar-refractivity contribution is -0.171. The number of hydrogen-bond donors (Lipinski definition) is 0. The van der Waals surface area contributed by atoms with E-state index in [-0.39, 0.29) is 30.6 Å². The molecule has 0 aliphatic carbocycles. The fourth-order valence-corrected chi connectivity index (χ4v) is 2.24. The molecule has 1 aliphatic rings. The van der Waals surface area contributed by atoms with Crippen molar-refractivity contribution >= 4 is 11.9 Å². The highest BCUT2D eigenvalue weighted by molar-refractivity contribution is 5.76. The van der Waals surface area contributed by atoms with E-state index >= 15 is 0 Å². The second-order valence-corrected chi connectivity index (χ2v) is 5.17. The summed E-state index contributed by atoms with van der Waals surface area (Å²) in [6.45, 7) is 3.62. The van der Waals surface area contributed by atoms with Crippen LogP contribution in [0.1, 0.15) is 39.5 Å². The Labute approximate surface area is 108 Å². The van der Waals surface area contributed by atoms with E-state index in [0.29, 0.717) is 0 Å². The van der Waals surface area contributed by atoms with E-state index in [4.69, 9.17) is 9.47 Å². The molecule has 0 bridgehead atoms. The molecule has 0 N–H and O–H groups in total.